The van der Waals surface area contributed by atoms with Gasteiger partial charge in [0.15, 0.2) is 12.8 Å². The fraction of sp³-hybridized carbons (Fsp3) is 0.727. The number of hydrogen-bond donors (Lipinski definition) is 5. The van der Waals surface area contributed by atoms with Gasteiger partial charge in [0.1, 0.15) is 30.6 Å². The highest BCUT2D eigenvalue weighted by molar-refractivity contribution is 8.10. The Bertz CT molecular complexity index is 1040. The van der Waals surface area contributed by atoms with Gasteiger partial charge < -0.3 is 34.7 Å². The molecule has 0 aromatic carbocycles. The van der Waals surface area contributed by atoms with Crippen molar-refractivity contribution in [3.05, 3.63) is 22.7 Å². The van der Waals surface area contributed by atoms with Crippen LogP contribution >= 0.6 is 6.57 Å². The summed E-state index contributed by atoms with van der Waals surface area (Å²) in [5, 5.41) is 25.5. The van der Waals surface area contributed by atoms with Gasteiger partial charge in [0.05, 0.1) is 18.8 Å². The summed E-state index contributed by atoms with van der Waals surface area (Å²) >= 11 is 5.56. The van der Waals surface area contributed by atoms with Gasteiger partial charge >= 0.3 is 17.6 Å². The number of esters is 2. The number of alkyl halides is 1. The van der Waals surface area contributed by atoms with Crippen molar-refractivity contribution in [2.75, 3.05) is 18.9 Å². The van der Waals surface area contributed by atoms with E-state index in [1.807, 2.05) is 0 Å². The molecule has 17 heteroatoms. The first-order valence-corrected chi connectivity index (χ1v) is 14.9. The van der Waals surface area contributed by atoms with E-state index >= 15 is 4.39 Å². The molecule has 5 atom stereocenters. The minimum absolute atomic E-state index is 0.105. The Kier molecular flexibility index (Phi) is 13.5. The van der Waals surface area contributed by atoms with Gasteiger partial charge in [-0.15, -0.1) is 0 Å². The molecule has 0 saturated carbocycles. The number of nitrogens with zero attached hydrogens (tertiary/aromatic N) is 2. The van der Waals surface area contributed by atoms with Gasteiger partial charge in [-0.3, -0.25) is 14.2 Å². The van der Waals surface area contributed by atoms with Gasteiger partial charge in [-0.25, -0.2) is 19.4 Å². The van der Waals surface area contributed by atoms with E-state index in [9.17, 15) is 24.6 Å². The van der Waals surface area contributed by atoms with Crippen molar-refractivity contribution >= 4 is 36.1 Å². The fourth-order valence-electron chi connectivity index (χ4n) is 2.88. The molecule has 0 bridgehead atoms. The van der Waals surface area contributed by atoms with Crippen LogP contribution in [0.4, 0.5) is 10.2 Å². The quantitative estimate of drug-likeness (QED) is 0.130. The first-order valence-electron chi connectivity index (χ1n) is 12.1. The summed E-state index contributed by atoms with van der Waals surface area (Å²) in [6, 6.07) is -0.870. The summed E-state index contributed by atoms with van der Waals surface area (Å²) in [4.78, 5) is 40.5. The number of ether oxygens (including phenoxy) is 3. The van der Waals surface area contributed by atoms with Gasteiger partial charge in [-0.1, -0.05) is 0 Å². The molecule has 0 saturated heterocycles. The average molecular weight is 600 g/mol. The van der Waals surface area contributed by atoms with Crippen LogP contribution in [0, 0.1) is 0 Å². The van der Waals surface area contributed by atoms with E-state index in [0.29, 0.717) is 0 Å². The molecule has 14 nitrogen and oxygen atoms in total. The number of aliphatic hydroxyl groups excluding tert-OH is 2. The Balaban J connectivity index is 3.26. The molecule has 0 unspecified atom stereocenters. The van der Waals surface area contributed by atoms with Crippen LogP contribution in [0.15, 0.2) is 17.1 Å². The average Bonchev–Trinajstić information content (AvgIpc) is 2.80. The molecule has 0 fully saturated rings. The molecule has 39 heavy (non-hydrogen) atoms. The Morgan fingerprint density at radius 2 is 1.62 bits per heavy atom. The van der Waals surface area contributed by atoms with Crippen molar-refractivity contribution in [2.24, 2.45) is 0 Å². The maximum atomic E-state index is 16.0. The molecule has 224 valence electrons. The number of rotatable bonds is 16. The maximum Gasteiger partial charge on any atom is 0.351 e. The normalized spacial score (nSPS) is 16.8. The lowest BCUT2D eigenvalue weighted by Gasteiger charge is -2.35. The van der Waals surface area contributed by atoms with Gasteiger partial charge in [0, 0.05) is 6.20 Å². The second kappa shape index (κ2) is 15.1. The fourth-order valence-corrected chi connectivity index (χ4v) is 5.80. The van der Waals surface area contributed by atoms with E-state index in [4.69, 9.17) is 36.3 Å². The van der Waals surface area contributed by atoms with E-state index in [0.717, 1.165) is 17.7 Å². The third-order valence-corrected chi connectivity index (χ3v) is 7.75. The lowest BCUT2D eigenvalue weighted by atomic mass is 10.2. The van der Waals surface area contributed by atoms with Crippen LogP contribution in [-0.2, 0) is 40.1 Å². The topological polar surface area (TPSA) is 196 Å². The smallest absolute Gasteiger partial charge is 0.351 e. The van der Waals surface area contributed by atoms with Crippen LogP contribution in [0.3, 0.4) is 0 Å². The third-order valence-electron chi connectivity index (χ3n) is 4.85. The van der Waals surface area contributed by atoms with Crippen LogP contribution < -0.4 is 21.6 Å². The van der Waals surface area contributed by atoms with E-state index in [1.165, 1.54) is 19.9 Å². The Morgan fingerprint density at radius 1 is 1.13 bits per heavy atom. The van der Waals surface area contributed by atoms with Crippen molar-refractivity contribution in [3.63, 3.8) is 0 Å². The molecule has 1 heterocycles. The first-order chi connectivity index (χ1) is 17.9. The standard InChI is InChI=1S/C22H39FN5O9PS/c1-12(2)35-19(31)14(5)26-38(39,27-15(6)20(32)36-13(3)4)34-11-22(23,16(7)30)37-18(10-29)28-9-8-17(24)25-21(28)33/h8-9,12-16,18,29-30H,10-11H2,1-7H3,(H2,24,25,33)(H2,26,27,39)/t14-,15-,16-,18+,22+/m0/s1. The van der Waals surface area contributed by atoms with Crippen LogP contribution in [0.2, 0.25) is 0 Å². The molecule has 1 aromatic heterocycles. The number of hydrogen-bond acceptors (Lipinski definition) is 12. The van der Waals surface area contributed by atoms with Gasteiger partial charge in [-0.05, 0) is 66.3 Å². The highest BCUT2D eigenvalue weighted by atomic mass is 32.4. The number of carbonyl (C=O) groups is 2. The third kappa shape index (κ3) is 11.2. The van der Waals surface area contributed by atoms with Crippen molar-refractivity contribution in [2.45, 2.75) is 90.9 Å². The molecule has 0 radical (unpaired) electrons. The molecule has 1 rings (SSSR count). The van der Waals surface area contributed by atoms with Gasteiger partial charge in [-0.2, -0.15) is 4.98 Å². The Labute approximate surface area is 231 Å². The maximum absolute atomic E-state index is 16.0. The lowest BCUT2D eigenvalue weighted by Crippen LogP contribution is -2.48. The molecule has 0 spiro atoms. The van der Waals surface area contributed by atoms with Crippen molar-refractivity contribution < 1.29 is 42.9 Å². The molecular weight excluding hydrogens is 560 g/mol. The van der Waals surface area contributed by atoms with E-state index in [2.05, 4.69) is 15.2 Å². The summed E-state index contributed by atoms with van der Waals surface area (Å²) in [7, 11) is 0. The summed E-state index contributed by atoms with van der Waals surface area (Å²) in [5.41, 5.74) is 4.53. The molecule has 0 aliphatic carbocycles. The second-order valence-electron chi connectivity index (χ2n) is 9.26. The van der Waals surface area contributed by atoms with Crippen molar-refractivity contribution in [1.29, 1.82) is 0 Å². The number of anilines is 1. The number of halogens is 1. The monoisotopic (exact) mass is 599 g/mol. The summed E-state index contributed by atoms with van der Waals surface area (Å²) < 4.78 is 38.0. The number of aliphatic hydroxyl groups is 2. The zero-order chi connectivity index (χ0) is 30.1. The van der Waals surface area contributed by atoms with E-state index in [-0.39, 0.29) is 5.82 Å². The highest BCUT2D eigenvalue weighted by Crippen LogP contribution is 2.42. The minimum atomic E-state index is -3.66. The van der Waals surface area contributed by atoms with Gasteiger partial charge in [0.25, 0.3) is 5.85 Å². The van der Waals surface area contributed by atoms with Crippen LogP contribution in [0.1, 0.15) is 54.7 Å². The van der Waals surface area contributed by atoms with E-state index in [1.54, 1.807) is 27.7 Å². The number of carbonyl (C=O) groups excluding carboxylic acids is 2. The Morgan fingerprint density at radius 3 is 2.00 bits per heavy atom. The first kappa shape index (κ1) is 35.0. The summed E-state index contributed by atoms with van der Waals surface area (Å²) in [6.07, 6.45) is -3.23. The van der Waals surface area contributed by atoms with Crippen LogP contribution in [0.25, 0.3) is 0 Å². The number of aromatic nitrogens is 2. The summed E-state index contributed by atoms with van der Waals surface area (Å²) in [6.45, 7) is 4.93. The zero-order valence-corrected chi connectivity index (χ0v) is 24.7. The predicted molar refractivity (Wildman–Crippen MR) is 144 cm³/mol. The molecule has 0 aliphatic rings. The number of nitrogen functional groups attached to an aromatic ring is 1. The second-order valence-corrected chi connectivity index (χ2v) is 12.7. The van der Waals surface area contributed by atoms with Crippen molar-refractivity contribution in [3.8, 4) is 0 Å². The molecule has 1 aromatic rings. The Hall–Kier alpha value is -2.04. The highest BCUT2D eigenvalue weighted by Gasteiger charge is 2.43. The predicted octanol–water partition coefficient (Wildman–Crippen LogP) is 0.480. The van der Waals surface area contributed by atoms with Crippen LogP contribution in [-0.4, -0.2) is 81.2 Å². The largest absolute Gasteiger partial charge is 0.462 e. The zero-order valence-electron chi connectivity index (χ0n) is 23.0. The molecular formula is C22H39FN5O9PS. The summed E-state index contributed by atoms with van der Waals surface area (Å²) in [5.74, 6) is -4.51. The molecule has 0 amide bonds. The SMILES string of the molecule is CC(C)OC(=O)[C@H](C)NP(=S)(N[C@@H](C)C(=O)OC(C)C)OC[C@@](F)(O[C@H](CO)n1ccc(N)nc1=O)[C@H](C)O. The minimum Gasteiger partial charge on any atom is -0.462 e. The van der Waals surface area contributed by atoms with Crippen LogP contribution in [0.5, 0.6) is 0 Å². The molecule has 6 N–H and O–H groups in total. The lowest BCUT2D eigenvalue weighted by molar-refractivity contribution is -0.263. The van der Waals surface area contributed by atoms with Gasteiger partial charge in [0.2, 0.25) is 0 Å². The van der Waals surface area contributed by atoms with Crippen molar-refractivity contribution in [1.82, 2.24) is 19.7 Å². The number of nitrogens with two attached hydrogens (primary N) is 1. The van der Waals surface area contributed by atoms with E-state index < -0.39 is 79.9 Å². The molecule has 0 aliphatic heterocycles. The number of nitrogens with one attached hydrogen (secondary N) is 2.